The Morgan fingerprint density at radius 2 is 1.82 bits per heavy atom. The Morgan fingerprint density at radius 3 is 2.29 bits per heavy atom. The van der Waals surface area contributed by atoms with Gasteiger partial charge in [-0.15, -0.1) is 0 Å². The first-order valence-corrected chi connectivity index (χ1v) is 6.01. The van der Waals surface area contributed by atoms with Gasteiger partial charge >= 0.3 is 5.97 Å². The predicted molar refractivity (Wildman–Crippen MR) is 70.2 cm³/mol. The van der Waals surface area contributed by atoms with Crippen LogP contribution in [-0.4, -0.2) is 11.6 Å². The molecule has 1 atom stereocenters. The third-order valence-corrected chi connectivity index (χ3v) is 2.65. The maximum Gasteiger partial charge on any atom is 0.313 e. The van der Waals surface area contributed by atoms with Crippen molar-refractivity contribution < 1.29 is 9.53 Å². The summed E-state index contributed by atoms with van der Waals surface area (Å²) in [6.45, 7) is 11.6. The van der Waals surface area contributed by atoms with Gasteiger partial charge in [0.1, 0.15) is 5.60 Å². The van der Waals surface area contributed by atoms with E-state index in [1.54, 1.807) is 0 Å². The van der Waals surface area contributed by atoms with E-state index >= 15 is 0 Å². The van der Waals surface area contributed by atoms with E-state index in [2.05, 4.69) is 13.0 Å². The second-order valence-corrected chi connectivity index (χ2v) is 5.62. The molecule has 0 aromatic heterocycles. The quantitative estimate of drug-likeness (QED) is 0.728. The van der Waals surface area contributed by atoms with E-state index in [-0.39, 0.29) is 11.9 Å². The van der Waals surface area contributed by atoms with Gasteiger partial charge in [0, 0.05) is 0 Å². The van der Waals surface area contributed by atoms with Gasteiger partial charge in [-0.1, -0.05) is 23.8 Å². The molecule has 0 saturated heterocycles. The normalized spacial score (nSPS) is 13.3. The van der Waals surface area contributed by atoms with Crippen LogP contribution in [0, 0.1) is 13.8 Å². The van der Waals surface area contributed by atoms with E-state index in [1.807, 2.05) is 46.8 Å². The van der Waals surface area contributed by atoms with Crippen molar-refractivity contribution in [2.75, 3.05) is 0 Å². The summed E-state index contributed by atoms with van der Waals surface area (Å²) in [5.74, 6) is -0.376. The van der Waals surface area contributed by atoms with Crippen molar-refractivity contribution in [3.63, 3.8) is 0 Å². The zero-order chi connectivity index (χ0) is 13.2. The molecule has 0 fully saturated rings. The van der Waals surface area contributed by atoms with E-state index in [0.717, 1.165) is 11.1 Å². The second-order valence-electron chi connectivity index (χ2n) is 5.62. The molecule has 0 radical (unpaired) electrons. The molecule has 1 aromatic rings. The van der Waals surface area contributed by atoms with Gasteiger partial charge in [-0.2, -0.15) is 0 Å². The van der Waals surface area contributed by atoms with Crippen LogP contribution >= 0.6 is 0 Å². The lowest BCUT2D eigenvalue weighted by Crippen LogP contribution is -2.27. The van der Waals surface area contributed by atoms with Crippen molar-refractivity contribution >= 4 is 5.97 Å². The standard InChI is InChI=1S/C15H22O2/c1-10-7-8-13(11(2)9-10)12(3)14(16)17-15(4,5)6/h7-9,12H,1-6H3. The SMILES string of the molecule is Cc1ccc(C(C)C(=O)OC(C)(C)C)c(C)c1. The molecule has 1 rings (SSSR count). The van der Waals surface area contributed by atoms with Crippen molar-refractivity contribution in [2.45, 2.75) is 53.1 Å². The average molecular weight is 234 g/mol. The Labute approximate surface area is 104 Å². The van der Waals surface area contributed by atoms with E-state index in [9.17, 15) is 4.79 Å². The molecule has 2 heteroatoms. The summed E-state index contributed by atoms with van der Waals surface area (Å²) in [4.78, 5) is 12.0. The summed E-state index contributed by atoms with van der Waals surface area (Å²) in [5, 5.41) is 0. The van der Waals surface area contributed by atoms with Crippen molar-refractivity contribution in [3.8, 4) is 0 Å². The van der Waals surface area contributed by atoms with E-state index in [4.69, 9.17) is 4.74 Å². The van der Waals surface area contributed by atoms with Gasteiger partial charge in [0.25, 0.3) is 0 Å². The van der Waals surface area contributed by atoms with E-state index in [0.29, 0.717) is 0 Å². The fourth-order valence-electron chi connectivity index (χ4n) is 1.83. The molecule has 94 valence electrons. The minimum atomic E-state index is -0.427. The number of hydrogen-bond donors (Lipinski definition) is 0. The Kier molecular flexibility index (Phi) is 3.97. The minimum Gasteiger partial charge on any atom is -0.460 e. The molecule has 1 unspecified atom stereocenters. The summed E-state index contributed by atoms with van der Waals surface area (Å²) < 4.78 is 5.40. The molecule has 0 heterocycles. The van der Waals surface area contributed by atoms with Gasteiger partial charge in [0.15, 0.2) is 0 Å². The summed E-state index contributed by atoms with van der Waals surface area (Å²) in [6.07, 6.45) is 0. The van der Waals surface area contributed by atoms with E-state index in [1.165, 1.54) is 5.56 Å². The number of carbonyl (C=O) groups excluding carboxylic acids is 1. The van der Waals surface area contributed by atoms with Gasteiger partial charge in [0.05, 0.1) is 5.92 Å². The van der Waals surface area contributed by atoms with Crippen LogP contribution in [0.1, 0.15) is 50.3 Å². The highest BCUT2D eigenvalue weighted by atomic mass is 16.6. The zero-order valence-electron chi connectivity index (χ0n) is 11.6. The van der Waals surface area contributed by atoms with Crippen LogP contribution in [0.4, 0.5) is 0 Å². The summed E-state index contributed by atoms with van der Waals surface area (Å²) in [5.41, 5.74) is 2.97. The van der Waals surface area contributed by atoms with Crippen LogP contribution in [0.5, 0.6) is 0 Å². The lowest BCUT2D eigenvalue weighted by atomic mass is 9.95. The highest BCUT2D eigenvalue weighted by molar-refractivity contribution is 5.78. The van der Waals surface area contributed by atoms with Crippen LogP contribution in [0.3, 0.4) is 0 Å². The molecule has 2 nitrogen and oxygen atoms in total. The third-order valence-electron chi connectivity index (χ3n) is 2.65. The molecule has 1 aromatic carbocycles. The summed E-state index contributed by atoms with van der Waals surface area (Å²) in [7, 11) is 0. The number of rotatable bonds is 2. The number of esters is 1. The van der Waals surface area contributed by atoms with Crippen molar-refractivity contribution in [3.05, 3.63) is 34.9 Å². The number of benzene rings is 1. The van der Waals surface area contributed by atoms with Crippen molar-refractivity contribution in [1.82, 2.24) is 0 Å². The summed E-state index contributed by atoms with van der Waals surface area (Å²) >= 11 is 0. The largest absolute Gasteiger partial charge is 0.460 e. The summed E-state index contributed by atoms with van der Waals surface area (Å²) in [6, 6.07) is 6.14. The highest BCUT2D eigenvalue weighted by Gasteiger charge is 2.23. The van der Waals surface area contributed by atoms with Crippen LogP contribution in [0.15, 0.2) is 18.2 Å². The third kappa shape index (κ3) is 3.88. The Hall–Kier alpha value is -1.31. The maximum atomic E-state index is 12.0. The molecule has 0 amide bonds. The van der Waals surface area contributed by atoms with Gasteiger partial charge < -0.3 is 4.74 Å². The van der Waals surface area contributed by atoms with Crippen LogP contribution in [0.25, 0.3) is 0 Å². The van der Waals surface area contributed by atoms with Crippen LogP contribution in [-0.2, 0) is 9.53 Å². The minimum absolute atomic E-state index is 0.163. The van der Waals surface area contributed by atoms with Crippen LogP contribution < -0.4 is 0 Å². The van der Waals surface area contributed by atoms with Gasteiger partial charge in [-0.05, 0) is 52.7 Å². The lowest BCUT2D eigenvalue weighted by Gasteiger charge is -2.23. The first-order chi connectivity index (χ1) is 7.70. The van der Waals surface area contributed by atoms with Gasteiger partial charge in [-0.25, -0.2) is 0 Å². The molecule has 0 saturated carbocycles. The first kappa shape index (κ1) is 13.8. The monoisotopic (exact) mass is 234 g/mol. The number of aryl methyl sites for hydroxylation is 2. The van der Waals surface area contributed by atoms with Gasteiger partial charge in [-0.3, -0.25) is 4.79 Å². The highest BCUT2D eigenvalue weighted by Crippen LogP contribution is 2.23. The predicted octanol–water partition coefficient (Wildman–Crippen LogP) is 3.75. The molecule has 0 aliphatic rings. The number of hydrogen-bond acceptors (Lipinski definition) is 2. The number of ether oxygens (including phenoxy) is 1. The Balaban J connectivity index is 2.89. The van der Waals surface area contributed by atoms with Crippen molar-refractivity contribution in [1.29, 1.82) is 0 Å². The first-order valence-electron chi connectivity index (χ1n) is 6.01. The maximum absolute atomic E-state index is 12.0. The lowest BCUT2D eigenvalue weighted by molar-refractivity contribution is -0.156. The van der Waals surface area contributed by atoms with Crippen molar-refractivity contribution in [2.24, 2.45) is 0 Å². The molecule has 0 spiro atoms. The zero-order valence-corrected chi connectivity index (χ0v) is 11.6. The van der Waals surface area contributed by atoms with Crippen LogP contribution in [0.2, 0.25) is 0 Å². The molecular formula is C15H22O2. The molecule has 0 aliphatic heterocycles. The molecule has 0 aliphatic carbocycles. The fourth-order valence-corrected chi connectivity index (χ4v) is 1.83. The Morgan fingerprint density at radius 1 is 1.24 bits per heavy atom. The van der Waals surface area contributed by atoms with Gasteiger partial charge in [0.2, 0.25) is 0 Å². The molecular weight excluding hydrogens is 212 g/mol. The number of carbonyl (C=O) groups is 1. The van der Waals surface area contributed by atoms with E-state index < -0.39 is 5.60 Å². The topological polar surface area (TPSA) is 26.3 Å². The average Bonchev–Trinajstić information content (AvgIpc) is 2.14. The smallest absolute Gasteiger partial charge is 0.313 e. The molecule has 0 bridgehead atoms. The Bertz CT molecular complexity index is 413. The second kappa shape index (κ2) is 4.91. The molecule has 0 N–H and O–H groups in total. The molecule has 17 heavy (non-hydrogen) atoms. The fraction of sp³-hybridized carbons (Fsp3) is 0.533.